The molecule has 1 aromatic heterocycles. The maximum absolute atomic E-state index is 12.2. The number of aryl methyl sites for hydroxylation is 2. The van der Waals surface area contributed by atoms with Crippen molar-refractivity contribution in [3.05, 3.63) is 17.0 Å². The molecule has 1 fully saturated rings. The predicted octanol–water partition coefficient (Wildman–Crippen LogP) is 1.19. The highest BCUT2D eigenvalue weighted by Crippen LogP contribution is 2.28. The molecule has 0 aromatic carbocycles. The van der Waals surface area contributed by atoms with E-state index in [0.717, 1.165) is 24.4 Å². The van der Waals surface area contributed by atoms with Crippen LogP contribution in [0.5, 0.6) is 0 Å². The molecular formula is C16H26N4O2S. The summed E-state index contributed by atoms with van der Waals surface area (Å²) in [5.41, 5.74) is 3.36. The average molecular weight is 338 g/mol. The summed E-state index contributed by atoms with van der Waals surface area (Å²) in [5, 5.41) is 10.2. The van der Waals surface area contributed by atoms with Crippen LogP contribution in [0.15, 0.2) is 0 Å². The number of aromatic nitrogens is 2. The van der Waals surface area contributed by atoms with Gasteiger partial charge in [0.05, 0.1) is 10.4 Å². The summed E-state index contributed by atoms with van der Waals surface area (Å²) in [4.78, 5) is 24.1. The minimum absolute atomic E-state index is 0.0789. The van der Waals surface area contributed by atoms with Crippen molar-refractivity contribution in [3.63, 3.8) is 0 Å². The Hall–Kier alpha value is -1.50. The summed E-state index contributed by atoms with van der Waals surface area (Å²) in [6.45, 7) is 11.3. The van der Waals surface area contributed by atoms with E-state index in [1.54, 1.807) is 0 Å². The first-order chi connectivity index (χ1) is 10.8. The van der Waals surface area contributed by atoms with Gasteiger partial charge in [0.25, 0.3) is 0 Å². The van der Waals surface area contributed by atoms with Crippen molar-refractivity contribution in [1.29, 1.82) is 0 Å². The number of hydrogen-bond acceptors (Lipinski definition) is 4. The minimum atomic E-state index is -0.459. The molecule has 2 heterocycles. The van der Waals surface area contributed by atoms with Gasteiger partial charge in [0.1, 0.15) is 6.04 Å². The number of nitrogens with one attached hydrogen (secondary N) is 2. The van der Waals surface area contributed by atoms with E-state index in [2.05, 4.69) is 29.6 Å². The number of amides is 2. The van der Waals surface area contributed by atoms with Crippen LogP contribution in [0.3, 0.4) is 0 Å². The van der Waals surface area contributed by atoms with Crippen LogP contribution in [0.1, 0.15) is 37.7 Å². The highest BCUT2D eigenvalue weighted by molar-refractivity contribution is 8.01. The van der Waals surface area contributed by atoms with Gasteiger partial charge in [-0.2, -0.15) is 5.10 Å². The van der Waals surface area contributed by atoms with Gasteiger partial charge >= 0.3 is 0 Å². The van der Waals surface area contributed by atoms with Gasteiger partial charge in [-0.1, -0.05) is 0 Å². The lowest BCUT2D eigenvalue weighted by Gasteiger charge is -2.32. The lowest BCUT2D eigenvalue weighted by molar-refractivity contribution is -0.129. The van der Waals surface area contributed by atoms with Crippen molar-refractivity contribution in [1.82, 2.24) is 20.4 Å². The first-order valence-electron chi connectivity index (χ1n) is 8.01. The Morgan fingerprint density at radius 2 is 2.17 bits per heavy atom. The SMILES string of the molecule is CCn1nc(C)c(CCNC(=O)C2CSC(C)(C)C(=O)N2)c1C. The third kappa shape index (κ3) is 3.88. The van der Waals surface area contributed by atoms with Crippen LogP contribution in [-0.2, 0) is 22.6 Å². The normalized spacial score (nSPS) is 20.2. The van der Waals surface area contributed by atoms with Gasteiger partial charge in [-0.05, 0) is 46.6 Å². The lowest BCUT2D eigenvalue weighted by atomic mass is 10.1. The van der Waals surface area contributed by atoms with Crippen molar-refractivity contribution < 1.29 is 9.59 Å². The Bertz CT molecular complexity index is 609. The molecule has 2 N–H and O–H groups in total. The van der Waals surface area contributed by atoms with Gasteiger partial charge in [0.2, 0.25) is 11.8 Å². The van der Waals surface area contributed by atoms with E-state index in [4.69, 9.17) is 0 Å². The monoisotopic (exact) mass is 338 g/mol. The summed E-state index contributed by atoms with van der Waals surface area (Å²) in [6.07, 6.45) is 0.753. The van der Waals surface area contributed by atoms with Crippen LogP contribution in [-0.4, -0.2) is 44.7 Å². The van der Waals surface area contributed by atoms with Crippen LogP contribution in [0.25, 0.3) is 0 Å². The maximum atomic E-state index is 12.2. The maximum Gasteiger partial charge on any atom is 0.243 e. The standard InChI is InChI=1S/C16H26N4O2S/c1-6-20-11(3)12(10(2)19-20)7-8-17-14(21)13-9-23-16(4,5)15(22)18-13/h13H,6-9H2,1-5H3,(H,17,21)(H,18,22). The van der Waals surface area contributed by atoms with Gasteiger partial charge in [-0.25, -0.2) is 0 Å². The highest BCUT2D eigenvalue weighted by Gasteiger charge is 2.37. The van der Waals surface area contributed by atoms with Gasteiger partial charge in [0, 0.05) is 24.5 Å². The molecule has 0 spiro atoms. The molecule has 1 saturated heterocycles. The van der Waals surface area contributed by atoms with Crippen LogP contribution < -0.4 is 10.6 Å². The van der Waals surface area contributed by atoms with Crippen molar-refractivity contribution in [2.24, 2.45) is 0 Å². The molecule has 1 aromatic rings. The summed E-state index contributed by atoms with van der Waals surface area (Å²) in [5.74, 6) is 0.417. The number of rotatable bonds is 5. The predicted molar refractivity (Wildman–Crippen MR) is 92.6 cm³/mol. The van der Waals surface area contributed by atoms with E-state index in [1.807, 2.05) is 25.5 Å². The van der Waals surface area contributed by atoms with E-state index in [9.17, 15) is 9.59 Å². The molecule has 1 unspecified atom stereocenters. The smallest absolute Gasteiger partial charge is 0.243 e. The fraction of sp³-hybridized carbons (Fsp3) is 0.688. The summed E-state index contributed by atoms with van der Waals surface area (Å²) >= 11 is 1.52. The van der Waals surface area contributed by atoms with Crippen LogP contribution in [0.2, 0.25) is 0 Å². The van der Waals surface area contributed by atoms with Crippen LogP contribution in [0.4, 0.5) is 0 Å². The number of nitrogens with zero attached hydrogens (tertiary/aromatic N) is 2. The second-order valence-electron chi connectivity index (χ2n) is 6.35. The lowest BCUT2D eigenvalue weighted by Crippen LogP contribution is -2.57. The first-order valence-corrected chi connectivity index (χ1v) is 9.00. The molecule has 0 aliphatic carbocycles. The Kier molecular flexibility index (Phi) is 5.39. The second kappa shape index (κ2) is 6.95. The van der Waals surface area contributed by atoms with E-state index >= 15 is 0 Å². The zero-order valence-corrected chi connectivity index (χ0v) is 15.3. The molecule has 1 aliphatic heterocycles. The van der Waals surface area contributed by atoms with Gasteiger partial charge in [-0.3, -0.25) is 14.3 Å². The quantitative estimate of drug-likeness (QED) is 0.845. The molecule has 2 amide bonds. The Balaban J connectivity index is 1.86. The van der Waals surface area contributed by atoms with E-state index < -0.39 is 10.8 Å². The van der Waals surface area contributed by atoms with Crippen molar-refractivity contribution in [3.8, 4) is 0 Å². The average Bonchev–Trinajstić information content (AvgIpc) is 2.77. The van der Waals surface area contributed by atoms with Crippen LogP contribution >= 0.6 is 11.8 Å². The molecule has 7 heteroatoms. The Morgan fingerprint density at radius 1 is 1.48 bits per heavy atom. The van der Waals surface area contributed by atoms with Crippen molar-refractivity contribution >= 4 is 23.6 Å². The molecule has 23 heavy (non-hydrogen) atoms. The number of hydrogen-bond donors (Lipinski definition) is 2. The molecule has 128 valence electrons. The zero-order valence-electron chi connectivity index (χ0n) is 14.5. The molecular weight excluding hydrogens is 312 g/mol. The summed E-state index contributed by atoms with van der Waals surface area (Å²) < 4.78 is 1.52. The number of carbonyl (C=O) groups is 2. The summed E-state index contributed by atoms with van der Waals surface area (Å²) in [7, 11) is 0. The largest absolute Gasteiger partial charge is 0.354 e. The van der Waals surface area contributed by atoms with E-state index in [1.165, 1.54) is 17.3 Å². The second-order valence-corrected chi connectivity index (χ2v) is 8.00. The first kappa shape index (κ1) is 17.8. The fourth-order valence-electron chi connectivity index (χ4n) is 2.71. The van der Waals surface area contributed by atoms with E-state index in [0.29, 0.717) is 12.3 Å². The van der Waals surface area contributed by atoms with Gasteiger partial charge in [0.15, 0.2) is 0 Å². The van der Waals surface area contributed by atoms with Gasteiger partial charge in [-0.15, -0.1) is 11.8 Å². The molecule has 0 bridgehead atoms. The minimum Gasteiger partial charge on any atom is -0.354 e. The van der Waals surface area contributed by atoms with Crippen LogP contribution in [0, 0.1) is 13.8 Å². The Morgan fingerprint density at radius 3 is 2.74 bits per heavy atom. The molecule has 6 nitrogen and oxygen atoms in total. The number of carbonyl (C=O) groups excluding carboxylic acids is 2. The topological polar surface area (TPSA) is 76.0 Å². The van der Waals surface area contributed by atoms with Gasteiger partial charge < -0.3 is 10.6 Å². The molecule has 1 atom stereocenters. The van der Waals surface area contributed by atoms with Crippen molar-refractivity contribution in [2.45, 2.75) is 58.4 Å². The Labute approximate surface area is 141 Å². The number of thioether (sulfide) groups is 1. The summed E-state index contributed by atoms with van der Waals surface area (Å²) in [6, 6.07) is -0.443. The molecule has 2 rings (SSSR count). The molecule has 0 saturated carbocycles. The third-order valence-corrected chi connectivity index (χ3v) is 5.69. The van der Waals surface area contributed by atoms with E-state index in [-0.39, 0.29) is 11.8 Å². The zero-order chi connectivity index (χ0) is 17.2. The van der Waals surface area contributed by atoms with Crippen molar-refractivity contribution in [2.75, 3.05) is 12.3 Å². The third-order valence-electron chi connectivity index (χ3n) is 4.28. The molecule has 1 aliphatic rings. The fourth-order valence-corrected chi connectivity index (χ4v) is 3.72. The molecule has 0 radical (unpaired) electrons. The highest BCUT2D eigenvalue weighted by atomic mass is 32.2.